The van der Waals surface area contributed by atoms with E-state index in [2.05, 4.69) is 4.90 Å². The summed E-state index contributed by atoms with van der Waals surface area (Å²) in [7, 11) is 0. The molecule has 37 heavy (non-hydrogen) atoms. The molecule has 0 radical (unpaired) electrons. The van der Waals surface area contributed by atoms with E-state index in [0.29, 0.717) is 56.0 Å². The van der Waals surface area contributed by atoms with Crippen LogP contribution in [0.25, 0.3) is 0 Å². The SMILES string of the molecule is O=C(c1ccccc1)C(Cc1ccc2c(c1)OCO2)OCC(O)CN1CCC(O)(c2ccccc2)CC1. The molecule has 2 atom stereocenters. The van der Waals surface area contributed by atoms with E-state index in [0.717, 1.165) is 11.1 Å². The molecule has 0 spiro atoms. The van der Waals surface area contributed by atoms with Crippen molar-refractivity contribution in [2.24, 2.45) is 0 Å². The highest BCUT2D eigenvalue weighted by molar-refractivity contribution is 5.99. The molecule has 2 heterocycles. The van der Waals surface area contributed by atoms with Gasteiger partial charge in [0.1, 0.15) is 6.10 Å². The van der Waals surface area contributed by atoms with Crippen LogP contribution in [0, 0.1) is 0 Å². The Balaban J connectivity index is 1.18. The van der Waals surface area contributed by atoms with Crippen LogP contribution in [0.1, 0.15) is 34.3 Å². The predicted molar refractivity (Wildman–Crippen MR) is 139 cm³/mol. The molecular weight excluding hydrogens is 470 g/mol. The van der Waals surface area contributed by atoms with E-state index >= 15 is 0 Å². The summed E-state index contributed by atoms with van der Waals surface area (Å²) in [6.45, 7) is 1.99. The van der Waals surface area contributed by atoms with Crippen molar-refractivity contribution >= 4 is 5.78 Å². The number of fused-ring (bicyclic) bond motifs is 1. The number of β-amino-alcohol motifs (C(OH)–C–C–N with tert-alkyl or cyclic N) is 1. The number of carbonyl (C=O) groups excluding carboxylic acids is 1. The number of hydrogen-bond acceptors (Lipinski definition) is 7. The minimum Gasteiger partial charge on any atom is -0.454 e. The number of ketones is 1. The number of rotatable bonds is 10. The molecule has 2 N–H and O–H groups in total. The first-order chi connectivity index (χ1) is 18.0. The van der Waals surface area contributed by atoms with E-state index in [9.17, 15) is 15.0 Å². The van der Waals surface area contributed by atoms with Crippen LogP contribution < -0.4 is 9.47 Å². The van der Waals surface area contributed by atoms with E-state index in [1.165, 1.54) is 0 Å². The van der Waals surface area contributed by atoms with Gasteiger partial charge in [0.25, 0.3) is 0 Å². The molecule has 194 valence electrons. The van der Waals surface area contributed by atoms with E-state index < -0.39 is 17.8 Å². The lowest BCUT2D eigenvalue weighted by atomic mass is 9.84. The number of hydrogen-bond donors (Lipinski definition) is 2. The number of aliphatic hydroxyl groups is 2. The van der Waals surface area contributed by atoms with Gasteiger partial charge in [-0.05, 0) is 36.1 Å². The van der Waals surface area contributed by atoms with Gasteiger partial charge in [0.15, 0.2) is 17.3 Å². The number of likely N-dealkylation sites (tertiary alicyclic amines) is 1. The summed E-state index contributed by atoms with van der Waals surface area (Å²) in [5.41, 5.74) is 1.56. The van der Waals surface area contributed by atoms with E-state index in [1.807, 2.05) is 66.7 Å². The minimum atomic E-state index is -0.836. The van der Waals surface area contributed by atoms with E-state index in [1.54, 1.807) is 12.1 Å². The van der Waals surface area contributed by atoms with Crippen molar-refractivity contribution < 1.29 is 29.2 Å². The quantitative estimate of drug-likeness (QED) is 0.409. The van der Waals surface area contributed by atoms with Crippen LogP contribution in [0.3, 0.4) is 0 Å². The lowest BCUT2D eigenvalue weighted by Crippen LogP contribution is -2.46. The third kappa shape index (κ3) is 6.19. The average molecular weight is 504 g/mol. The van der Waals surface area contributed by atoms with Crippen molar-refractivity contribution in [3.63, 3.8) is 0 Å². The smallest absolute Gasteiger partial charge is 0.231 e. The molecule has 0 aliphatic carbocycles. The molecule has 3 aromatic rings. The van der Waals surface area contributed by atoms with Crippen LogP contribution in [-0.2, 0) is 16.8 Å². The zero-order chi connectivity index (χ0) is 25.7. The van der Waals surface area contributed by atoms with Crippen molar-refractivity contribution in [1.82, 2.24) is 4.90 Å². The molecule has 2 aliphatic heterocycles. The van der Waals surface area contributed by atoms with Crippen LogP contribution in [0.15, 0.2) is 78.9 Å². The number of piperidine rings is 1. The summed E-state index contributed by atoms with van der Waals surface area (Å²) >= 11 is 0. The normalized spacial score (nSPS) is 18.3. The summed E-state index contributed by atoms with van der Waals surface area (Å²) < 4.78 is 16.9. The maximum absolute atomic E-state index is 13.3. The van der Waals surface area contributed by atoms with Crippen molar-refractivity contribution in [1.29, 1.82) is 0 Å². The highest BCUT2D eigenvalue weighted by atomic mass is 16.7. The van der Waals surface area contributed by atoms with Gasteiger partial charge in [0, 0.05) is 31.6 Å². The zero-order valence-corrected chi connectivity index (χ0v) is 20.8. The Bertz CT molecular complexity index is 1180. The number of Topliss-reactive ketones (excluding diaryl/α,β-unsaturated/α-hetero) is 1. The van der Waals surface area contributed by atoms with Gasteiger partial charge in [0.05, 0.1) is 18.3 Å². The number of benzene rings is 3. The largest absolute Gasteiger partial charge is 0.454 e. The summed E-state index contributed by atoms with van der Waals surface area (Å²) in [6, 6.07) is 24.4. The number of aliphatic hydroxyl groups excluding tert-OH is 1. The van der Waals surface area contributed by atoms with Crippen molar-refractivity contribution in [3.8, 4) is 11.5 Å². The highest BCUT2D eigenvalue weighted by Crippen LogP contribution is 2.34. The van der Waals surface area contributed by atoms with Crippen LogP contribution in [0.4, 0.5) is 0 Å². The fourth-order valence-corrected chi connectivity index (χ4v) is 5.02. The van der Waals surface area contributed by atoms with Gasteiger partial charge < -0.3 is 29.3 Å². The lowest BCUT2D eigenvalue weighted by Gasteiger charge is -2.39. The Morgan fingerprint density at radius 1 is 0.946 bits per heavy atom. The molecule has 0 bridgehead atoms. The first kappa shape index (κ1) is 25.4. The Kier molecular flexibility index (Phi) is 7.86. The fourth-order valence-electron chi connectivity index (χ4n) is 5.02. The summed E-state index contributed by atoms with van der Waals surface area (Å²) in [5.74, 6) is 1.21. The lowest BCUT2D eigenvalue weighted by molar-refractivity contribution is -0.0483. The first-order valence-electron chi connectivity index (χ1n) is 12.8. The monoisotopic (exact) mass is 503 g/mol. The van der Waals surface area contributed by atoms with Gasteiger partial charge in [-0.3, -0.25) is 4.79 Å². The molecule has 3 aromatic carbocycles. The molecule has 0 aromatic heterocycles. The molecule has 1 fully saturated rings. The Morgan fingerprint density at radius 3 is 2.35 bits per heavy atom. The van der Waals surface area contributed by atoms with Crippen molar-refractivity contribution in [3.05, 3.63) is 95.6 Å². The molecule has 2 aliphatic rings. The number of ether oxygens (including phenoxy) is 3. The Labute approximate surface area is 217 Å². The van der Waals surface area contributed by atoms with Crippen LogP contribution >= 0.6 is 0 Å². The van der Waals surface area contributed by atoms with Crippen LogP contribution in [-0.4, -0.2) is 66.1 Å². The second kappa shape index (κ2) is 11.4. The Hall–Kier alpha value is -3.23. The van der Waals surface area contributed by atoms with Gasteiger partial charge in [0.2, 0.25) is 6.79 Å². The number of carbonyl (C=O) groups is 1. The highest BCUT2D eigenvalue weighted by Gasteiger charge is 2.34. The van der Waals surface area contributed by atoms with Gasteiger partial charge in [-0.25, -0.2) is 0 Å². The minimum absolute atomic E-state index is 0.0350. The van der Waals surface area contributed by atoms with Gasteiger partial charge >= 0.3 is 0 Å². The van der Waals surface area contributed by atoms with Crippen LogP contribution in [0.2, 0.25) is 0 Å². The van der Waals surface area contributed by atoms with Gasteiger partial charge in [-0.2, -0.15) is 0 Å². The molecule has 0 saturated carbocycles. The molecule has 1 saturated heterocycles. The molecule has 7 heteroatoms. The molecule has 7 nitrogen and oxygen atoms in total. The van der Waals surface area contributed by atoms with E-state index in [-0.39, 0.29) is 19.2 Å². The summed E-state index contributed by atoms with van der Waals surface area (Å²) in [6.07, 6.45) is 0.0474. The average Bonchev–Trinajstić information content (AvgIpc) is 3.41. The fraction of sp³-hybridized carbons (Fsp3) is 0.367. The maximum atomic E-state index is 13.3. The zero-order valence-electron chi connectivity index (χ0n) is 20.8. The van der Waals surface area contributed by atoms with Gasteiger partial charge in [-0.1, -0.05) is 66.7 Å². The van der Waals surface area contributed by atoms with Crippen LogP contribution in [0.5, 0.6) is 11.5 Å². The topological polar surface area (TPSA) is 88.5 Å². The number of nitrogens with zero attached hydrogens (tertiary/aromatic N) is 1. The molecule has 2 unspecified atom stereocenters. The maximum Gasteiger partial charge on any atom is 0.231 e. The van der Waals surface area contributed by atoms with Crippen molar-refractivity contribution in [2.75, 3.05) is 33.0 Å². The second-order valence-corrected chi connectivity index (χ2v) is 9.80. The molecular formula is C30H33NO6. The first-order valence-corrected chi connectivity index (χ1v) is 12.8. The third-order valence-electron chi connectivity index (χ3n) is 7.16. The third-order valence-corrected chi connectivity index (χ3v) is 7.16. The standard InChI is InChI=1S/C30H33NO6/c32-25(19-31-15-13-30(34,14-16-31)24-9-5-2-6-10-24)20-35-28(29(33)23-7-3-1-4-8-23)18-22-11-12-26-27(17-22)37-21-36-26/h1-12,17,25,28,32,34H,13-16,18-21H2. The second-order valence-electron chi connectivity index (χ2n) is 9.80. The summed E-state index contributed by atoms with van der Waals surface area (Å²) in [5, 5.41) is 21.8. The summed E-state index contributed by atoms with van der Waals surface area (Å²) in [4.78, 5) is 15.4. The van der Waals surface area contributed by atoms with Gasteiger partial charge in [-0.15, -0.1) is 0 Å². The van der Waals surface area contributed by atoms with E-state index in [4.69, 9.17) is 14.2 Å². The molecule has 5 rings (SSSR count). The predicted octanol–water partition coefficient (Wildman–Crippen LogP) is 3.57. The molecule has 0 amide bonds. The van der Waals surface area contributed by atoms with Crippen molar-refractivity contribution in [2.45, 2.75) is 37.1 Å². The Morgan fingerprint density at radius 2 is 1.62 bits per heavy atom.